The van der Waals surface area contributed by atoms with Crippen molar-refractivity contribution in [3.05, 3.63) is 35.6 Å². The molecule has 1 saturated heterocycles. The molecular weight excluding hydrogens is 311 g/mol. The maximum Gasteiger partial charge on any atom is 0.303 e. The topological polar surface area (TPSA) is 60.9 Å². The minimum atomic E-state index is -0.766. The number of nitrogens with zero attached hydrogens (tertiary/aromatic N) is 2. The van der Waals surface area contributed by atoms with Crippen LogP contribution in [0.3, 0.4) is 0 Å². The van der Waals surface area contributed by atoms with Crippen LogP contribution in [0.15, 0.2) is 24.3 Å². The minimum Gasteiger partial charge on any atom is -0.481 e. The standard InChI is InChI=1S/C18H25FN2O3/c1-20(2)17(14-4-6-15(19)7-5-14)18(24)21-11-9-13(10-12-21)3-8-16(22)23/h4-7,13,17H,3,8-12H2,1-2H3,(H,22,23). The Morgan fingerprint density at radius 2 is 1.83 bits per heavy atom. The van der Waals surface area contributed by atoms with Gasteiger partial charge in [0.05, 0.1) is 0 Å². The highest BCUT2D eigenvalue weighted by Crippen LogP contribution is 2.26. The molecule has 0 bridgehead atoms. The molecule has 132 valence electrons. The highest BCUT2D eigenvalue weighted by atomic mass is 19.1. The Kier molecular flexibility index (Phi) is 6.31. The number of carboxylic acids is 1. The van der Waals surface area contributed by atoms with Gasteiger partial charge in [-0.3, -0.25) is 14.5 Å². The summed E-state index contributed by atoms with van der Waals surface area (Å²) in [6.07, 6.45) is 2.53. The molecule has 0 aromatic heterocycles. The Bertz CT molecular complexity index is 566. The molecule has 0 spiro atoms. The van der Waals surface area contributed by atoms with E-state index in [4.69, 9.17) is 5.11 Å². The number of carboxylic acid groups (broad SMARTS) is 1. The smallest absolute Gasteiger partial charge is 0.303 e. The van der Waals surface area contributed by atoms with Gasteiger partial charge in [0.25, 0.3) is 0 Å². The summed E-state index contributed by atoms with van der Waals surface area (Å²) in [6.45, 7) is 1.29. The third-order valence-corrected chi connectivity index (χ3v) is 4.63. The monoisotopic (exact) mass is 336 g/mol. The fraction of sp³-hybridized carbons (Fsp3) is 0.556. The van der Waals surface area contributed by atoms with Gasteiger partial charge in [0.15, 0.2) is 0 Å². The van der Waals surface area contributed by atoms with Crippen molar-refractivity contribution in [1.29, 1.82) is 0 Å². The van der Waals surface area contributed by atoms with Crippen LogP contribution in [0, 0.1) is 11.7 Å². The minimum absolute atomic E-state index is 0.0169. The molecule has 1 aliphatic rings. The van der Waals surface area contributed by atoms with Crippen molar-refractivity contribution in [2.24, 2.45) is 5.92 Å². The third kappa shape index (κ3) is 4.77. The van der Waals surface area contributed by atoms with Crippen molar-refractivity contribution in [3.8, 4) is 0 Å². The second-order valence-corrected chi connectivity index (χ2v) is 6.62. The van der Waals surface area contributed by atoms with Gasteiger partial charge in [-0.1, -0.05) is 12.1 Å². The van der Waals surface area contributed by atoms with E-state index in [1.807, 2.05) is 23.9 Å². The number of halogens is 1. The van der Waals surface area contributed by atoms with Crippen molar-refractivity contribution in [3.63, 3.8) is 0 Å². The first kappa shape index (κ1) is 18.4. The van der Waals surface area contributed by atoms with Crippen molar-refractivity contribution in [2.75, 3.05) is 27.2 Å². The Labute approximate surface area is 142 Å². The van der Waals surface area contributed by atoms with E-state index in [0.29, 0.717) is 25.4 Å². The molecule has 1 atom stereocenters. The number of carbonyl (C=O) groups is 2. The highest BCUT2D eigenvalue weighted by Gasteiger charge is 2.30. The van der Waals surface area contributed by atoms with Crippen LogP contribution >= 0.6 is 0 Å². The zero-order valence-electron chi connectivity index (χ0n) is 14.2. The van der Waals surface area contributed by atoms with Crippen LogP contribution in [-0.4, -0.2) is 54.0 Å². The lowest BCUT2D eigenvalue weighted by molar-refractivity contribution is -0.139. The first-order valence-corrected chi connectivity index (χ1v) is 8.31. The average Bonchev–Trinajstić information content (AvgIpc) is 2.55. The fourth-order valence-electron chi connectivity index (χ4n) is 3.25. The van der Waals surface area contributed by atoms with Gasteiger partial charge >= 0.3 is 5.97 Å². The normalized spacial score (nSPS) is 17.1. The Morgan fingerprint density at radius 3 is 2.33 bits per heavy atom. The van der Waals surface area contributed by atoms with Crippen LogP contribution < -0.4 is 0 Å². The molecule has 1 heterocycles. The van der Waals surface area contributed by atoms with Gasteiger partial charge in [0.1, 0.15) is 11.9 Å². The predicted octanol–water partition coefficient (Wildman–Crippen LogP) is 2.53. The predicted molar refractivity (Wildman–Crippen MR) is 89.0 cm³/mol. The Balaban J connectivity index is 1.99. The van der Waals surface area contributed by atoms with Crippen molar-refractivity contribution in [1.82, 2.24) is 9.80 Å². The molecule has 1 aromatic rings. The maximum atomic E-state index is 13.1. The average molecular weight is 336 g/mol. The van der Waals surface area contributed by atoms with E-state index in [9.17, 15) is 14.0 Å². The van der Waals surface area contributed by atoms with Crippen molar-refractivity contribution in [2.45, 2.75) is 31.7 Å². The van der Waals surface area contributed by atoms with Gasteiger partial charge in [0.2, 0.25) is 5.91 Å². The van der Waals surface area contributed by atoms with Crippen LogP contribution in [0.5, 0.6) is 0 Å². The summed E-state index contributed by atoms with van der Waals surface area (Å²) in [5.41, 5.74) is 0.777. The lowest BCUT2D eigenvalue weighted by Crippen LogP contribution is -2.44. The number of benzene rings is 1. The van der Waals surface area contributed by atoms with Crippen LogP contribution in [0.1, 0.15) is 37.3 Å². The molecule has 0 radical (unpaired) electrons. The molecule has 0 saturated carbocycles. The SMILES string of the molecule is CN(C)C(C(=O)N1CCC(CCC(=O)O)CC1)c1ccc(F)cc1. The van der Waals surface area contributed by atoms with E-state index in [-0.39, 0.29) is 18.1 Å². The number of likely N-dealkylation sites (tertiary alicyclic amines) is 1. The summed E-state index contributed by atoms with van der Waals surface area (Å²) in [7, 11) is 3.68. The Hall–Kier alpha value is -1.95. The van der Waals surface area contributed by atoms with Crippen LogP contribution in [0.2, 0.25) is 0 Å². The van der Waals surface area contributed by atoms with Crippen molar-refractivity contribution >= 4 is 11.9 Å². The number of amides is 1. The fourth-order valence-corrected chi connectivity index (χ4v) is 3.25. The lowest BCUT2D eigenvalue weighted by atomic mass is 9.91. The zero-order chi connectivity index (χ0) is 17.7. The van der Waals surface area contributed by atoms with Crippen LogP contribution in [-0.2, 0) is 9.59 Å². The number of likely N-dealkylation sites (N-methyl/N-ethyl adjacent to an activating group) is 1. The van der Waals surface area contributed by atoms with Gasteiger partial charge in [-0.05, 0) is 57.0 Å². The summed E-state index contributed by atoms with van der Waals surface area (Å²) >= 11 is 0. The molecule has 1 fully saturated rings. The van der Waals surface area contributed by atoms with Gasteiger partial charge in [-0.2, -0.15) is 0 Å². The summed E-state index contributed by atoms with van der Waals surface area (Å²) in [6, 6.07) is 5.62. The van der Waals surface area contributed by atoms with E-state index in [0.717, 1.165) is 18.4 Å². The van der Waals surface area contributed by atoms with Crippen LogP contribution in [0.25, 0.3) is 0 Å². The Morgan fingerprint density at radius 1 is 1.25 bits per heavy atom. The van der Waals surface area contributed by atoms with Crippen molar-refractivity contribution < 1.29 is 19.1 Å². The molecular formula is C18H25FN2O3. The zero-order valence-corrected chi connectivity index (χ0v) is 14.2. The van der Waals surface area contributed by atoms with Crippen LogP contribution in [0.4, 0.5) is 4.39 Å². The van der Waals surface area contributed by atoms with E-state index < -0.39 is 12.0 Å². The summed E-state index contributed by atoms with van der Waals surface area (Å²) < 4.78 is 13.1. The summed E-state index contributed by atoms with van der Waals surface area (Å²) in [5, 5.41) is 8.77. The number of hydrogen-bond donors (Lipinski definition) is 1. The summed E-state index contributed by atoms with van der Waals surface area (Å²) in [4.78, 5) is 27.2. The number of piperidine rings is 1. The van der Waals surface area contributed by atoms with Gasteiger partial charge < -0.3 is 10.0 Å². The number of rotatable bonds is 6. The largest absolute Gasteiger partial charge is 0.481 e. The number of carbonyl (C=O) groups excluding carboxylic acids is 1. The molecule has 1 aliphatic heterocycles. The first-order valence-electron chi connectivity index (χ1n) is 8.31. The van der Waals surface area contributed by atoms with Gasteiger partial charge in [-0.25, -0.2) is 4.39 Å². The van der Waals surface area contributed by atoms with Gasteiger partial charge in [0, 0.05) is 19.5 Å². The molecule has 1 N–H and O–H groups in total. The molecule has 0 aliphatic carbocycles. The second kappa shape index (κ2) is 8.24. The molecule has 5 nitrogen and oxygen atoms in total. The third-order valence-electron chi connectivity index (χ3n) is 4.63. The van der Waals surface area contributed by atoms with E-state index in [1.165, 1.54) is 12.1 Å². The number of aliphatic carboxylic acids is 1. The quantitative estimate of drug-likeness (QED) is 0.867. The molecule has 1 amide bonds. The summed E-state index contributed by atoms with van der Waals surface area (Å²) in [5.74, 6) is -0.697. The molecule has 1 aromatic carbocycles. The van der Waals surface area contributed by atoms with E-state index >= 15 is 0 Å². The second-order valence-electron chi connectivity index (χ2n) is 6.62. The highest BCUT2D eigenvalue weighted by molar-refractivity contribution is 5.83. The molecule has 2 rings (SSSR count). The van der Waals surface area contributed by atoms with E-state index in [2.05, 4.69) is 0 Å². The van der Waals surface area contributed by atoms with E-state index in [1.54, 1.807) is 12.1 Å². The van der Waals surface area contributed by atoms with Gasteiger partial charge in [-0.15, -0.1) is 0 Å². The molecule has 1 unspecified atom stereocenters. The maximum absolute atomic E-state index is 13.1. The first-order chi connectivity index (χ1) is 11.4. The lowest BCUT2D eigenvalue weighted by Gasteiger charge is -2.36. The number of hydrogen-bond acceptors (Lipinski definition) is 3. The molecule has 24 heavy (non-hydrogen) atoms. The molecule has 6 heteroatoms.